The van der Waals surface area contributed by atoms with E-state index in [0.29, 0.717) is 10.7 Å². The number of aromatic amines is 1. The molecule has 0 radical (unpaired) electrons. The molecule has 0 amide bonds. The molecule has 6 heteroatoms. The lowest BCUT2D eigenvalue weighted by atomic mass is 10.2. The Morgan fingerprint density at radius 1 is 1.30 bits per heavy atom. The van der Waals surface area contributed by atoms with Gasteiger partial charge in [0.25, 0.3) is 0 Å². The summed E-state index contributed by atoms with van der Waals surface area (Å²) in [5.41, 5.74) is 3.76. The van der Waals surface area contributed by atoms with Gasteiger partial charge in [-0.2, -0.15) is 4.98 Å². The highest BCUT2D eigenvalue weighted by Crippen LogP contribution is 2.25. The molecule has 0 aliphatic carbocycles. The molecule has 0 aliphatic heterocycles. The molecule has 0 spiro atoms. The first-order valence-electron chi connectivity index (χ1n) is 6.02. The molecular formula is C14H12BrN3OS. The van der Waals surface area contributed by atoms with E-state index in [-0.39, 0.29) is 0 Å². The van der Waals surface area contributed by atoms with Crippen LogP contribution in [0.2, 0.25) is 0 Å². The summed E-state index contributed by atoms with van der Waals surface area (Å²) in [6, 6.07) is 9.80. The second-order valence-corrected chi connectivity index (χ2v) is 5.72. The van der Waals surface area contributed by atoms with E-state index in [1.807, 2.05) is 41.8 Å². The zero-order chi connectivity index (χ0) is 14.3. The van der Waals surface area contributed by atoms with Crippen LogP contribution in [0.1, 0.15) is 5.56 Å². The number of pyridine rings is 1. The molecule has 20 heavy (non-hydrogen) atoms. The average Bonchev–Trinajstić information content (AvgIpc) is 2.76. The van der Waals surface area contributed by atoms with Crippen molar-refractivity contribution < 1.29 is 4.74 Å². The number of aryl methyl sites for hydroxylation is 1. The summed E-state index contributed by atoms with van der Waals surface area (Å²) >= 11 is 8.92. The Morgan fingerprint density at radius 3 is 2.85 bits per heavy atom. The van der Waals surface area contributed by atoms with E-state index in [9.17, 15) is 0 Å². The van der Waals surface area contributed by atoms with Crippen LogP contribution in [-0.4, -0.2) is 21.6 Å². The van der Waals surface area contributed by atoms with Gasteiger partial charge >= 0.3 is 0 Å². The lowest BCUT2D eigenvalue weighted by molar-refractivity contribution is 0.399. The molecule has 0 fully saturated rings. The Kier molecular flexibility index (Phi) is 3.35. The molecule has 0 aliphatic rings. The largest absolute Gasteiger partial charge is 0.481 e. The van der Waals surface area contributed by atoms with Crippen LogP contribution in [0.25, 0.3) is 16.9 Å². The Balaban J connectivity index is 2.37. The SMILES string of the molecule is COc1ccc2[nH]c(=S)n(-c3cc(Br)ccc3C)c2n1. The minimum Gasteiger partial charge on any atom is -0.481 e. The Hall–Kier alpha value is -1.66. The summed E-state index contributed by atoms with van der Waals surface area (Å²) in [5.74, 6) is 0.563. The summed E-state index contributed by atoms with van der Waals surface area (Å²) in [6.45, 7) is 2.04. The van der Waals surface area contributed by atoms with Crippen molar-refractivity contribution in [3.63, 3.8) is 0 Å². The predicted molar refractivity (Wildman–Crippen MR) is 85.2 cm³/mol. The van der Waals surface area contributed by atoms with Crippen molar-refractivity contribution in [3.05, 3.63) is 45.1 Å². The molecule has 0 saturated heterocycles. The van der Waals surface area contributed by atoms with Crippen LogP contribution in [0.5, 0.6) is 5.88 Å². The van der Waals surface area contributed by atoms with Crippen molar-refractivity contribution in [1.82, 2.24) is 14.5 Å². The topological polar surface area (TPSA) is 42.8 Å². The molecule has 0 atom stereocenters. The highest BCUT2D eigenvalue weighted by molar-refractivity contribution is 9.10. The van der Waals surface area contributed by atoms with Crippen molar-refractivity contribution >= 4 is 39.3 Å². The standard InChI is InChI=1S/C14H12BrN3OS/c1-8-3-4-9(15)7-11(8)18-13-10(16-14(18)20)5-6-12(17-13)19-2/h3-7H,1-2H3,(H,16,20). The zero-order valence-electron chi connectivity index (χ0n) is 11.0. The minimum atomic E-state index is 0.563. The number of hydrogen-bond acceptors (Lipinski definition) is 3. The second-order valence-electron chi connectivity index (χ2n) is 4.42. The van der Waals surface area contributed by atoms with E-state index in [1.165, 1.54) is 0 Å². The number of aromatic nitrogens is 3. The van der Waals surface area contributed by atoms with Crippen molar-refractivity contribution in [2.24, 2.45) is 0 Å². The summed E-state index contributed by atoms with van der Waals surface area (Å²) in [6.07, 6.45) is 0. The van der Waals surface area contributed by atoms with Crippen molar-refractivity contribution in [1.29, 1.82) is 0 Å². The molecule has 3 rings (SSSR count). The van der Waals surface area contributed by atoms with Crippen molar-refractivity contribution in [2.45, 2.75) is 6.92 Å². The number of H-pyrrole nitrogens is 1. The normalized spacial score (nSPS) is 10.9. The van der Waals surface area contributed by atoms with E-state index in [4.69, 9.17) is 17.0 Å². The van der Waals surface area contributed by atoms with Gasteiger partial charge in [0.15, 0.2) is 10.4 Å². The molecule has 3 aromatic rings. The highest BCUT2D eigenvalue weighted by atomic mass is 79.9. The number of hydrogen-bond donors (Lipinski definition) is 1. The Bertz CT molecular complexity index is 853. The lowest BCUT2D eigenvalue weighted by Crippen LogP contribution is -1.99. The summed E-state index contributed by atoms with van der Waals surface area (Å²) in [7, 11) is 1.60. The van der Waals surface area contributed by atoms with Gasteiger partial charge in [-0.3, -0.25) is 4.57 Å². The molecular weight excluding hydrogens is 338 g/mol. The first-order chi connectivity index (χ1) is 9.60. The minimum absolute atomic E-state index is 0.563. The molecule has 0 saturated carbocycles. The van der Waals surface area contributed by atoms with E-state index in [2.05, 4.69) is 25.9 Å². The molecule has 2 aromatic heterocycles. The van der Waals surface area contributed by atoms with Gasteiger partial charge in [-0.05, 0) is 42.9 Å². The number of benzene rings is 1. The van der Waals surface area contributed by atoms with Gasteiger partial charge in [0, 0.05) is 10.5 Å². The molecule has 1 aromatic carbocycles. The van der Waals surface area contributed by atoms with E-state index < -0.39 is 0 Å². The lowest BCUT2D eigenvalue weighted by Gasteiger charge is -2.09. The van der Waals surface area contributed by atoms with Crippen LogP contribution in [0.4, 0.5) is 0 Å². The third kappa shape index (κ3) is 2.14. The number of halogens is 1. The van der Waals surface area contributed by atoms with Gasteiger partial charge < -0.3 is 9.72 Å². The maximum atomic E-state index is 5.43. The second kappa shape index (κ2) is 5.03. The van der Waals surface area contributed by atoms with E-state index in [1.54, 1.807) is 7.11 Å². The fourth-order valence-electron chi connectivity index (χ4n) is 2.13. The maximum Gasteiger partial charge on any atom is 0.215 e. The van der Waals surface area contributed by atoms with Crippen LogP contribution in [0.3, 0.4) is 0 Å². The van der Waals surface area contributed by atoms with Crippen LogP contribution >= 0.6 is 28.1 Å². The summed E-state index contributed by atoms with van der Waals surface area (Å²) in [4.78, 5) is 7.66. The monoisotopic (exact) mass is 349 g/mol. The van der Waals surface area contributed by atoms with Crippen molar-refractivity contribution in [3.8, 4) is 11.6 Å². The molecule has 4 nitrogen and oxygen atoms in total. The van der Waals surface area contributed by atoms with Gasteiger partial charge in [0.05, 0.1) is 18.3 Å². The maximum absolute atomic E-state index is 5.43. The van der Waals surface area contributed by atoms with Crippen molar-refractivity contribution in [2.75, 3.05) is 7.11 Å². The van der Waals surface area contributed by atoms with Crippen LogP contribution in [-0.2, 0) is 0 Å². The third-order valence-electron chi connectivity index (χ3n) is 3.13. The van der Waals surface area contributed by atoms with E-state index >= 15 is 0 Å². The number of nitrogens with one attached hydrogen (secondary N) is 1. The number of imidazole rings is 1. The average molecular weight is 350 g/mol. The first kappa shape index (κ1) is 13.3. The Labute approximate surface area is 129 Å². The van der Waals surface area contributed by atoms with Gasteiger partial charge in [-0.15, -0.1) is 0 Å². The number of fused-ring (bicyclic) bond motifs is 1. The van der Waals surface area contributed by atoms with Gasteiger partial charge in [0.2, 0.25) is 5.88 Å². The first-order valence-corrected chi connectivity index (χ1v) is 7.22. The van der Waals surface area contributed by atoms with Crippen LogP contribution in [0.15, 0.2) is 34.8 Å². The third-order valence-corrected chi connectivity index (χ3v) is 3.91. The summed E-state index contributed by atoms with van der Waals surface area (Å²) in [5, 5.41) is 0. The fourth-order valence-corrected chi connectivity index (χ4v) is 2.77. The zero-order valence-corrected chi connectivity index (χ0v) is 13.4. The van der Waals surface area contributed by atoms with Crippen LogP contribution in [0, 0.1) is 11.7 Å². The van der Waals surface area contributed by atoms with Gasteiger partial charge in [0.1, 0.15) is 0 Å². The molecule has 2 heterocycles. The number of rotatable bonds is 2. The summed E-state index contributed by atoms with van der Waals surface area (Å²) < 4.78 is 8.73. The number of methoxy groups -OCH3 is 1. The van der Waals surface area contributed by atoms with Gasteiger partial charge in [-0.25, -0.2) is 0 Å². The smallest absolute Gasteiger partial charge is 0.215 e. The van der Waals surface area contributed by atoms with E-state index in [0.717, 1.165) is 26.9 Å². The van der Waals surface area contributed by atoms with Crippen LogP contribution < -0.4 is 4.74 Å². The number of ether oxygens (including phenoxy) is 1. The molecule has 1 N–H and O–H groups in total. The molecule has 0 unspecified atom stereocenters. The number of nitrogens with zero attached hydrogens (tertiary/aromatic N) is 2. The fraction of sp³-hybridized carbons (Fsp3) is 0.143. The Morgan fingerprint density at radius 2 is 2.10 bits per heavy atom. The molecule has 102 valence electrons. The highest BCUT2D eigenvalue weighted by Gasteiger charge is 2.11. The molecule has 0 bridgehead atoms. The quantitative estimate of drug-likeness (QED) is 0.706. The van der Waals surface area contributed by atoms with Gasteiger partial charge in [-0.1, -0.05) is 22.0 Å². The predicted octanol–water partition coefficient (Wildman–Crippen LogP) is 4.16.